The van der Waals surface area contributed by atoms with Crippen LogP contribution in [0.3, 0.4) is 0 Å². The van der Waals surface area contributed by atoms with Crippen LogP contribution in [0.1, 0.15) is 17.0 Å². The zero-order valence-corrected chi connectivity index (χ0v) is 14.8. The van der Waals surface area contributed by atoms with Crippen molar-refractivity contribution in [2.45, 2.75) is 20.4 Å². The molecule has 1 N–H and O–H groups in total. The van der Waals surface area contributed by atoms with Crippen molar-refractivity contribution in [3.8, 4) is 5.69 Å². The molecule has 114 valence electrons. The van der Waals surface area contributed by atoms with E-state index in [1.54, 1.807) is 7.11 Å². The molecule has 4 nitrogen and oxygen atoms in total. The summed E-state index contributed by atoms with van der Waals surface area (Å²) in [4.78, 5) is 0. The lowest BCUT2D eigenvalue weighted by atomic mass is 10.1. The van der Waals surface area contributed by atoms with Crippen LogP contribution in [0.25, 0.3) is 5.69 Å². The van der Waals surface area contributed by atoms with Crippen molar-refractivity contribution in [2.24, 2.45) is 0 Å². The number of halogens is 2. The van der Waals surface area contributed by atoms with E-state index in [2.05, 4.69) is 26.3 Å². The molecule has 0 radical (unpaired) electrons. The summed E-state index contributed by atoms with van der Waals surface area (Å²) < 4.78 is 8.00. The Morgan fingerprint density at radius 2 is 2.14 bits per heavy atom. The molecule has 1 heterocycles. The number of ether oxygens (including phenoxy) is 1. The van der Waals surface area contributed by atoms with E-state index in [0.717, 1.165) is 38.7 Å². The highest BCUT2D eigenvalue weighted by molar-refractivity contribution is 9.10. The Hall–Kier alpha value is -0.880. The minimum Gasteiger partial charge on any atom is -0.383 e. The van der Waals surface area contributed by atoms with E-state index in [9.17, 15) is 0 Å². The number of benzene rings is 1. The molecule has 0 atom stereocenters. The first-order valence-electron chi connectivity index (χ1n) is 6.75. The second kappa shape index (κ2) is 7.40. The van der Waals surface area contributed by atoms with E-state index in [1.807, 2.05) is 36.7 Å². The van der Waals surface area contributed by atoms with Gasteiger partial charge in [0.15, 0.2) is 0 Å². The number of aromatic nitrogens is 2. The van der Waals surface area contributed by atoms with Crippen LogP contribution in [0.4, 0.5) is 0 Å². The quantitative estimate of drug-likeness (QED) is 0.787. The summed E-state index contributed by atoms with van der Waals surface area (Å²) in [5, 5.41) is 8.65. The number of aryl methyl sites for hydroxylation is 1. The highest BCUT2D eigenvalue weighted by atomic mass is 79.9. The Bertz CT molecular complexity index is 628. The van der Waals surface area contributed by atoms with Crippen molar-refractivity contribution in [3.63, 3.8) is 0 Å². The Labute approximate surface area is 138 Å². The van der Waals surface area contributed by atoms with Crippen molar-refractivity contribution >= 4 is 27.5 Å². The van der Waals surface area contributed by atoms with Gasteiger partial charge in [-0.15, -0.1) is 0 Å². The van der Waals surface area contributed by atoms with Crippen LogP contribution in [0, 0.1) is 13.8 Å². The minimum atomic E-state index is 0.672. The van der Waals surface area contributed by atoms with Crippen molar-refractivity contribution in [1.29, 1.82) is 0 Å². The lowest BCUT2D eigenvalue weighted by Gasteiger charge is -2.14. The topological polar surface area (TPSA) is 39.1 Å². The summed E-state index contributed by atoms with van der Waals surface area (Å²) in [7, 11) is 1.69. The average molecular weight is 373 g/mol. The molecule has 0 spiro atoms. The first-order valence-corrected chi connectivity index (χ1v) is 7.92. The molecule has 21 heavy (non-hydrogen) atoms. The smallest absolute Gasteiger partial charge is 0.0743 e. The molecule has 0 saturated carbocycles. The normalized spacial score (nSPS) is 11.1. The van der Waals surface area contributed by atoms with Crippen LogP contribution in [0.5, 0.6) is 0 Å². The molecular weight excluding hydrogens is 354 g/mol. The van der Waals surface area contributed by atoms with Gasteiger partial charge in [-0.05, 0) is 41.9 Å². The van der Waals surface area contributed by atoms with Gasteiger partial charge in [-0.2, -0.15) is 5.10 Å². The largest absolute Gasteiger partial charge is 0.383 e. The lowest BCUT2D eigenvalue weighted by molar-refractivity contribution is 0.199. The molecular formula is C15H19BrClN3O. The van der Waals surface area contributed by atoms with Gasteiger partial charge in [0.1, 0.15) is 0 Å². The van der Waals surface area contributed by atoms with E-state index in [0.29, 0.717) is 13.2 Å². The fourth-order valence-electron chi connectivity index (χ4n) is 2.17. The van der Waals surface area contributed by atoms with Crippen LogP contribution in [0.15, 0.2) is 22.7 Å². The van der Waals surface area contributed by atoms with E-state index in [-0.39, 0.29) is 0 Å². The van der Waals surface area contributed by atoms with E-state index < -0.39 is 0 Å². The summed E-state index contributed by atoms with van der Waals surface area (Å²) in [5.74, 6) is 0. The van der Waals surface area contributed by atoms with Crippen molar-refractivity contribution in [2.75, 3.05) is 20.3 Å². The summed E-state index contributed by atoms with van der Waals surface area (Å²) in [6.45, 7) is 6.14. The second-order valence-electron chi connectivity index (χ2n) is 4.80. The predicted molar refractivity (Wildman–Crippen MR) is 89.3 cm³/mol. The molecule has 6 heteroatoms. The van der Waals surface area contributed by atoms with Crippen LogP contribution >= 0.6 is 27.5 Å². The number of rotatable bonds is 6. The minimum absolute atomic E-state index is 0.672. The SMILES string of the molecule is COCCNCc1c(Cl)cccc1-n1nc(C)c(Br)c1C. The lowest BCUT2D eigenvalue weighted by Crippen LogP contribution is -2.20. The van der Waals surface area contributed by atoms with Gasteiger partial charge in [0, 0.05) is 30.8 Å². The third-order valence-electron chi connectivity index (χ3n) is 3.31. The maximum atomic E-state index is 6.37. The first kappa shape index (κ1) is 16.5. The first-order chi connectivity index (χ1) is 10.1. The van der Waals surface area contributed by atoms with E-state index >= 15 is 0 Å². The molecule has 0 bridgehead atoms. The average Bonchev–Trinajstić information content (AvgIpc) is 2.72. The van der Waals surface area contributed by atoms with Gasteiger partial charge in [-0.1, -0.05) is 17.7 Å². The molecule has 0 aliphatic heterocycles. The number of nitrogens with zero attached hydrogens (tertiary/aromatic N) is 2. The summed E-state index contributed by atoms with van der Waals surface area (Å²) in [5.41, 5.74) is 4.06. The number of methoxy groups -OCH3 is 1. The molecule has 0 aliphatic carbocycles. The van der Waals surface area contributed by atoms with Gasteiger partial charge >= 0.3 is 0 Å². The zero-order valence-electron chi connectivity index (χ0n) is 12.4. The fourth-order valence-corrected chi connectivity index (χ4v) is 2.65. The Kier molecular flexibility index (Phi) is 5.81. The third-order valence-corrected chi connectivity index (χ3v) is 4.81. The number of hydrogen-bond donors (Lipinski definition) is 1. The standard InChI is InChI=1S/C15H19BrClN3O/c1-10-15(16)11(2)20(19-10)14-6-4-5-13(17)12(14)9-18-7-8-21-3/h4-6,18H,7-9H2,1-3H3. The Morgan fingerprint density at radius 3 is 2.76 bits per heavy atom. The van der Waals surface area contributed by atoms with Gasteiger partial charge < -0.3 is 10.1 Å². The van der Waals surface area contributed by atoms with Crippen molar-refractivity contribution < 1.29 is 4.74 Å². The highest BCUT2D eigenvalue weighted by Crippen LogP contribution is 2.28. The predicted octanol–water partition coefficient (Wildman–Crippen LogP) is 3.64. The van der Waals surface area contributed by atoms with Gasteiger partial charge in [-0.3, -0.25) is 0 Å². The summed E-state index contributed by atoms with van der Waals surface area (Å²) >= 11 is 9.93. The number of hydrogen-bond acceptors (Lipinski definition) is 3. The van der Waals surface area contributed by atoms with E-state index in [4.69, 9.17) is 16.3 Å². The van der Waals surface area contributed by atoms with E-state index in [1.165, 1.54) is 0 Å². The van der Waals surface area contributed by atoms with Crippen molar-refractivity contribution in [3.05, 3.63) is 44.6 Å². The molecule has 2 rings (SSSR count). The zero-order chi connectivity index (χ0) is 15.4. The third kappa shape index (κ3) is 3.66. The maximum Gasteiger partial charge on any atom is 0.0743 e. The van der Waals surface area contributed by atoms with Gasteiger partial charge in [0.25, 0.3) is 0 Å². The molecule has 0 fully saturated rings. The molecule has 2 aromatic rings. The Morgan fingerprint density at radius 1 is 1.38 bits per heavy atom. The molecule has 1 aromatic heterocycles. The van der Waals surface area contributed by atoms with Crippen LogP contribution in [0.2, 0.25) is 5.02 Å². The monoisotopic (exact) mass is 371 g/mol. The fraction of sp³-hybridized carbons (Fsp3) is 0.400. The van der Waals surface area contributed by atoms with Gasteiger partial charge in [0.05, 0.1) is 28.2 Å². The summed E-state index contributed by atoms with van der Waals surface area (Å²) in [6.07, 6.45) is 0. The molecule has 0 amide bonds. The molecule has 1 aromatic carbocycles. The van der Waals surface area contributed by atoms with Crippen LogP contribution in [-0.4, -0.2) is 30.0 Å². The number of nitrogens with one attached hydrogen (secondary N) is 1. The maximum absolute atomic E-state index is 6.37. The van der Waals surface area contributed by atoms with Gasteiger partial charge in [0.2, 0.25) is 0 Å². The van der Waals surface area contributed by atoms with Gasteiger partial charge in [-0.25, -0.2) is 4.68 Å². The van der Waals surface area contributed by atoms with Crippen molar-refractivity contribution in [1.82, 2.24) is 15.1 Å². The molecule has 0 unspecified atom stereocenters. The summed E-state index contributed by atoms with van der Waals surface area (Å²) in [6, 6.07) is 5.88. The Balaban J connectivity index is 2.34. The van der Waals surface area contributed by atoms with Crippen LogP contribution < -0.4 is 5.32 Å². The van der Waals surface area contributed by atoms with Crippen LogP contribution in [-0.2, 0) is 11.3 Å². The highest BCUT2D eigenvalue weighted by Gasteiger charge is 2.14. The molecule has 0 aliphatic rings. The second-order valence-corrected chi connectivity index (χ2v) is 6.00. The molecule has 0 saturated heterocycles.